The molecule has 19 heavy (non-hydrogen) atoms. The molecule has 0 saturated heterocycles. The summed E-state index contributed by atoms with van der Waals surface area (Å²) in [5.41, 5.74) is 6.96. The minimum absolute atomic E-state index is 0.0172. The second kappa shape index (κ2) is 5.14. The van der Waals surface area contributed by atoms with Crippen molar-refractivity contribution in [2.24, 2.45) is 11.7 Å². The van der Waals surface area contributed by atoms with Gasteiger partial charge in [-0.2, -0.15) is 0 Å². The molecule has 2 rings (SSSR count). The van der Waals surface area contributed by atoms with E-state index in [4.69, 9.17) is 10.5 Å². The van der Waals surface area contributed by atoms with Gasteiger partial charge in [0.05, 0.1) is 12.1 Å². The molecule has 0 aromatic heterocycles. The van der Waals surface area contributed by atoms with Crippen LogP contribution in [0.5, 0.6) is 5.75 Å². The second-order valence-electron chi connectivity index (χ2n) is 6.73. The van der Waals surface area contributed by atoms with Gasteiger partial charge in [-0.25, -0.2) is 0 Å². The molecule has 1 aromatic carbocycles. The Bertz CT molecular complexity index is 435. The van der Waals surface area contributed by atoms with Crippen LogP contribution in [0.2, 0.25) is 0 Å². The van der Waals surface area contributed by atoms with Crippen molar-refractivity contribution in [3.05, 3.63) is 29.8 Å². The molecule has 0 heterocycles. The smallest absolute Gasteiger partial charge is 0.119 e. The monoisotopic (exact) mass is 263 g/mol. The third-order valence-electron chi connectivity index (χ3n) is 3.89. The average Bonchev–Trinajstić information content (AvgIpc) is 3.20. The zero-order valence-electron chi connectivity index (χ0n) is 12.1. The lowest BCUT2D eigenvalue weighted by atomic mass is 9.87. The first-order chi connectivity index (χ1) is 8.85. The highest BCUT2D eigenvalue weighted by molar-refractivity contribution is 5.32. The molecule has 1 aliphatic rings. The molecule has 0 amide bonds. The van der Waals surface area contributed by atoms with Gasteiger partial charge in [-0.15, -0.1) is 0 Å². The van der Waals surface area contributed by atoms with Crippen LogP contribution in [0.1, 0.15) is 39.2 Å². The number of rotatable bonds is 5. The zero-order chi connectivity index (χ0) is 14.1. The molecule has 1 fully saturated rings. The topological polar surface area (TPSA) is 55.5 Å². The average molecular weight is 263 g/mol. The van der Waals surface area contributed by atoms with E-state index in [-0.39, 0.29) is 12.0 Å². The molecule has 0 aliphatic heterocycles. The maximum atomic E-state index is 9.45. The third-order valence-corrected chi connectivity index (χ3v) is 3.89. The van der Waals surface area contributed by atoms with E-state index >= 15 is 0 Å². The van der Waals surface area contributed by atoms with E-state index in [1.807, 2.05) is 12.1 Å². The standard InChI is InChI=1S/C16H25NO2/c1-15(2,3)13-5-4-6-14(9-13)19-11-16(17,10-18)12-7-8-12/h4-6,9,12,18H,7-8,10-11,17H2,1-3H3. The Balaban J connectivity index is 2.03. The van der Waals surface area contributed by atoms with Gasteiger partial charge in [0.25, 0.3) is 0 Å². The van der Waals surface area contributed by atoms with Crippen LogP contribution in [0.15, 0.2) is 24.3 Å². The number of hydrogen-bond donors (Lipinski definition) is 2. The molecule has 1 aromatic rings. The fraction of sp³-hybridized carbons (Fsp3) is 0.625. The largest absolute Gasteiger partial charge is 0.492 e. The lowest BCUT2D eigenvalue weighted by Gasteiger charge is -2.27. The minimum Gasteiger partial charge on any atom is -0.492 e. The molecule has 1 saturated carbocycles. The number of hydrogen-bond acceptors (Lipinski definition) is 3. The van der Waals surface area contributed by atoms with Crippen LogP contribution in [-0.4, -0.2) is 23.9 Å². The zero-order valence-corrected chi connectivity index (χ0v) is 12.1. The van der Waals surface area contributed by atoms with E-state index in [9.17, 15) is 5.11 Å². The first-order valence-electron chi connectivity index (χ1n) is 6.98. The Kier molecular flexibility index (Phi) is 3.88. The predicted molar refractivity (Wildman–Crippen MR) is 77.4 cm³/mol. The van der Waals surface area contributed by atoms with Gasteiger partial charge in [0.2, 0.25) is 0 Å². The molecule has 3 nitrogen and oxygen atoms in total. The molecule has 106 valence electrons. The number of aliphatic hydroxyl groups excluding tert-OH is 1. The number of ether oxygens (including phenoxy) is 1. The maximum Gasteiger partial charge on any atom is 0.119 e. The molecule has 0 spiro atoms. The summed E-state index contributed by atoms with van der Waals surface area (Å²) in [6, 6.07) is 8.12. The van der Waals surface area contributed by atoms with Gasteiger partial charge in [0.15, 0.2) is 0 Å². The van der Waals surface area contributed by atoms with Crippen LogP contribution in [0.4, 0.5) is 0 Å². The highest BCUT2D eigenvalue weighted by Gasteiger charge is 2.42. The van der Waals surface area contributed by atoms with Crippen molar-refractivity contribution in [3.8, 4) is 5.75 Å². The third kappa shape index (κ3) is 3.48. The molecule has 0 bridgehead atoms. The summed E-state index contributed by atoms with van der Waals surface area (Å²) in [7, 11) is 0. The van der Waals surface area contributed by atoms with Gasteiger partial charge in [-0.3, -0.25) is 0 Å². The molecular formula is C16H25NO2. The van der Waals surface area contributed by atoms with Crippen molar-refractivity contribution in [1.29, 1.82) is 0 Å². The minimum atomic E-state index is -0.586. The summed E-state index contributed by atoms with van der Waals surface area (Å²) >= 11 is 0. The van der Waals surface area contributed by atoms with E-state index in [0.717, 1.165) is 18.6 Å². The summed E-state index contributed by atoms with van der Waals surface area (Å²) in [6.45, 7) is 6.89. The molecule has 1 atom stereocenters. The lowest BCUT2D eigenvalue weighted by molar-refractivity contribution is 0.117. The van der Waals surface area contributed by atoms with E-state index in [1.54, 1.807) is 0 Å². The molecule has 1 aliphatic carbocycles. The first kappa shape index (κ1) is 14.4. The van der Waals surface area contributed by atoms with Crippen LogP contribution in [0.25, 0.3) is 0 Å². The number of nitrogens with two attached hydrogens (primary N) is 1. The fourth-order valence-corrected chi connectivity index (χ4v) is 2.22. The van der Waals surface area contributed by atoms with E-state index in [0.29, 0.717) is 12.5 Å². The summed E-state index contributed by atoms with van der Waals surface area (Å²) in [4.78, 5) is 0. The van der Waals surface area contributed by atoms with Crippen molar-refractivity contribution >= 4 is 0 Å². The Morgan fingerprint density at radius 2 is 2.00 bits per heavy atom. The van der Waals surface area contributed by atoms with Gasteiger partial charge < -0.3 is 15.6 Å². The molecular weight excluding hydrogens is 238 g/mol. The quantitative estimate of drug-likeness (QED) is 0.858. The lowest BCUT2D eigenvalue weighted by Crippen LogP contribution is -2.51. The normalized spacial score (nSPS) is 19.0. The van der Waals surface area contributed by atoms with Gasteiger partial charge in [-0.1, -0.05) is 32.9 Å². The van der Waals surface area contributed by atoms with Crippen LogP contribution in [0.3, 0.4) is 0 Å². The number of aliphatic hydroxyl groups is 1. The highest BCUT2D eigenvalue weighted by Crippen LogP contribution is 2.38. The summed E-state index contributed by atoms with van der Waals surface area (Å²) < 4.78 is 5.81. The Morgan fingerprint density at radius 3 is 2.53 bits per heavy atom. The molecule has 3 N–H and O–H groups in total. The van der Waals surface area contributed by atoms with Crippen molar-refractivity contribution in [2.75, 3.05) is 13.2 Å². The van der Waals surface area contributed by atoms with Crippen molar-refractivity contribution in [1.82, 2.24) is 0 Å². The Labute approximate surface area is 115 Å². The Hall–Kier alpha value is -1.06. The maximum absolute atomic E-state index is 9.45. The Morgan fingerprint density at radius 1 is 1.32 bits per heavy atom. The summed E-state index contributed by atoms with van der Waals surface area (Å²) in [6.07, 6.45) is 2.20. The fourth-order valence-electron chi connectivity index (χ4n) is 2.22. The van der Waals surface area contributed by atoms with E-state index < -0.39 is 5.54 Å². The predicted octanol–water partition coefficient (Wildman–Crippen LogP) is 2.46. The highest BCUT2D eigenvalue weighted by atomic mass is 16.5. The van der Waals surface area contributed by atoms with Gasteiger partial charge >= 0.3 is 0 Å². The van der Waals surface area contributed by atoms with Gasteiger partial charge in [-0.05, 0) is 41.9 Å². The van der Waals surface area contributed by atoms with Crippen molar-refractivity contribution in [3.63, 3.8) is 0 Å². The van der Waals surface area contributed by atoms with E-state index in [1.165, 1.54) is 5.56 Å². The molecule has 3 heteroatoms. The van der Waals surface area contributed by atoms with Crippen LogP contribution in [-0.2, 0) is 5.41 Å². The van der Waals surface area contributed by atoms with Crippen molar-refractivity contribution < 1.29 is 9.84 Å². The van der Waals surface area contributed by atoms with E-state index in [2.05, 4.69) is 32.9 Å². The first-order valence-corrected chi connectivity index (χ1v) is 6.98. The molecule has 0 radical (unpaired) electrons. The van der Waals surface area contributed by atoms with Gasteiger partial charge in [0, 0.05) is 0 Å². The van der Waals surface area contributed by atoms with Crippen LogP contribution >= 0.6 is 0 Å². The van der Waals surface area contributed by atoms with Gasteiger partial charge in [0.1, 0.15) is 12.4 Å². The summed E-state index contributed by atoms with van der Waals surface area (Å²) in [5.74, 6) is 1.24. The van der Waals surface area contributed by atoms with Crippen LogP contribution < -0.4 is 10.5 Å². The summed E-state index contributed by atoms with van der Waals surface area (Å²) in [5, 5.41) is 9.45. The SMILES string of the molecule is CC(C)(C)c1cccc(OCC(N)(CO)C2CC2)c1. The molecule has 1 unspecified atom stereocenters. The second-order valence-corrected chi connectivity index (χ2v) is 6.73. The van der Waals surface area contributed by atoms with Crippen molar-refractivity contribution in [2.45, 2.75) is 44.6 Å². The number of benzene rings is 1. The van der Waals surface area contributed by atoms with Crippen LogP contribution in [0, 0.1) is 5.92 Å².